The second-order valence-electron chi connectivity index (χ2n) is 4.99. The van der Waals surface area contributed by atoms with Crippen LogP contribution in [0.15, 0.2) is 12.1 Å². The van der Waals surface area contributed by atoms with Crippen LogP contribution < -0.4 is 11.1 Å². The average Bonchev–Trinajstić information content (AvgIpc) is 2.42. The van der Waals surface area contributed by atoms with Gasteiger partial charge < -0.3 is 11.1 Å². The van der Waals surface area contributed by atoms with Gasteiger partial charge in [0.25, 0.3) is 11.6 Å². The molecule has 0 saturated carbocycles. The van der Waals surface area contributed by atoms with Crippen LogP contribution in [0.4, 0.5) is 11.4 Å². The number of hydrogen-bond acceptors (Lipinski definition) is 4. The maximum Gasteiger partial charge on any atom is 0.294 e. The number of rotatable bonds is 6. The molecule has 0 spiro atoms. The van der Waals surface area contributed by atoms with Crippen LogP contribution in [0.5, 0.6) is 0 Å². The Bertz CT molecular complexity index is 545. The van der Waals surface area contributed by atoms with Crippen molar-refractivity contribution in [2.75, 3.05) is 5.73 Å². The maximum atomic E-state index is 12.2. The molecule has 0 heterocycles. The molecule has 0 bridgehead atoms. The van der Waals surface area contributed by atoms with E-state index in [4.69, 9.17) is 17.3 Å². The van der Waals surface area contributed by atoms with Crippen LogP contribution in [-0.2, 0) is 0 Å². The van der Waals surface area contributed by atoms with Gasteiger partial charge >= 0.3 is 0 Å². The Kier molecular flexibility index (Phi) is 5.96. The molecule has 1 unspecified atom stereocenters. The minimum atomic E-state index is -0.650. The third-order valence-corrected chi connectivity index (χ3v) is 3.99. The number of carbonyl (C=O) groups excluding carboxylic acids is 1. The highest BCUT2D eigenvalue weighted by atomic mass is 35.5. The molecular formula is C14H20ClN3O3. The lowest BCUT2D eigenvalue weighted by molar-refractivity contribution is -0.383. The van der Waals surface area contributed by atoms with Crippen molar-refractivity contribution in [3.8, 4) is 0 Å². The molecule has 0 fully saturated rings. The topological polar surface area (TPSA) is 98.3 Å². The summed E-state index contributed by atoms with van der Waals surface area (Å²) in [6, 6.07) is 2.47. The van der Waals surface area contributed by atoms with Gasteiger partial charge in [0.15, 0.2) is 0 Å². The number of amides is 1. The van der Waals surface area contributed by atoms with Crippen LogP contribution in [0.25, 0.3) is 0 Å². The summed E-state index contributed by atoms with van der Waals surface area (Å²) in [5, 5.41) is 13.8. The lowest BCUT2D eigenvalue weighted by Gasteiger charge is -2.22. The molecule has 1 aromatic rings. The number of halogens is 1. The highest BCUT2D eigenvalue weighted by molar-refractivity contribution is 6.34. The van der Waals surface area contributed by atoms with Crippen LogP contribution in [0.2, 0.25) is 5.02 Å². The minimum absolute atomic E-state index is 0.00420. The van der Waals surface area contributed by atoms with Crippen LogP contribution >= 0.6 is 11.6 Å². The summed E-state index contributed by atoms with van der Waals surface area (Å²) in [5.41, 5.74) is 5.19. The minimum Gasteiger partial charge on any atom is -0.392 e. The number of anilines is 1. The van der Waals surface area contributed by atoms with Gasteiger partial charge in [-0.3, -0.25) is 14.9 Å². The Morgan fingerprint density at radius 3 is 2.48 bits per heavy atom. The van der Waals surface area contributed by atoms with Crippen molar-refractivity contribution in [2.45, 2.75) is 39.7 Å². The van der Waals surface area contributed by atoms with Crippen molar-refractivity contribution in [1.82, 2.24) is 5.32 Å². The van der Waals surface area contributed by atoms with Gasteiger partial charge in [-0.2, -0.15) is 0 Å². The summed E-state index contributed by atoms with van der Waals surface area (Å²) in [6.07, 6.45) is 1.89. The fraction of sp³-hybridized carbons (Fsp3) is 0.500. The highest BCUT2D eigenvalue weighted by Crippen LogP contribution is 2.30. The van der Waals surface area contributed by atoms with Gasteiger partial charge in [-0.25, -0.2) is 0 Å². The molecule has 0 aliphatic rings. The third-order valence-electron chi connectivity index (χ3n) is 3.68. The number of nitro groups is 1. The summed E-state index contributed by atoms with van der Waals surface area (Å²) >= 11 is 5.85. The Hall–Kier alpha value is -1.82. The van der Waals surface area contributed by atoms with E-state index in [1.54, 1.807) is 0 Å². The van der Waals surface area contributed by atoms with Crippen molar-refractivity contribution in [2.24, 2.45) is 5.92 Å². The molecule has 1 aromatic carbocycles. The van der Waals surface area contributed by atoms with E-state index in [2.05, 4.69) is 19.2 Å². The predicted molar refractivity (Wildman–Crippen MR) is 83.5 cm³/mol. The van der Waals surface area contributed by atoms with Crippen molar-refractivity contribution in [3.63, 3.8) is 0 Å². The van der Waals surface area contributed by atoms with Crippen LogP contribution in [-0.4, -0.2) is 16.9 Å². The second-order valence-corrected chi connectivity index (χ2v) is 5.39. The van der Waals surface area contributed by atoms with Gasteiger partial charge in [-0.1, -0.05) is 38.3 Å². The fourth-order valence-corrected chi connectivity index (χ4v) is 2.50. The quantitative estimate of drug-likeness (QED) is 0.478. The molecule has 7 heteroatoms. The zero-order chi connectivity index (χ0) is 16.2. The van der Waals surface area contributed by atoms with Gasteiger partial charge in [0.05, 0.1) is 9.95 Å². The van der Waals surface area contributed by atoms with Gasteiger partial charge in [-0.15, -0.1) is 0 Å². The number of nitrogens with zero attached hydrogens (tertiary/aromatic N) is 1. The summed E-state index contributed by atoms with van der Waals surface area (Å²) in [7, 11) is 0. The lowest BCUT2D eigenvalue weighted by atomic mass is 9.95. The largest absolute Gasteiger partial charge is 0.392 e. The van der Waals surface area contributed by atoms with Crippen molar-refractivity contribution in [3.05, 3.63) is 32.8 Å². The standard InChI is InChI=1S/C14H20ClN3O3/c1-4-9(5-2)8(3)17-14(19)10-6-11(15)13(16)12(7-10)18(20)21/h6-9H,4-5,16H2,1-3H3,(H,17,19). The summed E-state index contributed by atoms with van der Waals surface area (Å²) in [5.74, 6) is -0.0346. The van der Waals surface area contributed by atoms with E-state index in [-0.39, 0.29) is 33.9 Å². The van der Waals surface area contributed by atoms with E-state index < -0.39 is 4.92 Å². The molecule has 21 heavy (non-hydrogen) atoms. The molecule has 0 saturated heterocycles. The molecule has 1 amide bonds. The SMILES string of the molecule is CCC(CC)C(C)NC(=O)c1cc(Cl)c(N)c([N+](=O)[O-])c1. The molecule has 0 aliphatic heterocycles. The summed E-state index contributed by atoms with van der Waals surface area (Å²) < 4.78 is 0. The first-order chi connectivity index (χ1) is 9.81. The molecule has 6 nitrogen and oxygen atoms in total. The molecule has 1 rings (SSSR count). The van der Waals surface area contributed by atoms with Crippen LogP contribution in [0.3, 0.4) is 0 Å². The molecule has 3 N–H and O–H groups in total. The van der Waals surface area contributed by atoms with E-state index in [0.717, 1.165) is 18.9 Å². The maximum absolute atomic E-state index is 12.2. The monoisotopic (exact) mass is 313 g/mol. The Morgan fingerprint density at radius 1 is 1.43 bits per heavy atom. The van der Waals surface area contributed by atoms with Gasteiger partial charge in [0.1, 0.15) is 5.69 Å². The fourth-order valence-electron chi connectivity index (χ4n) is 2.29. The first kappa shape index (κ1) is 17.2. The van der Waals surface area contributed by atoms with E-state index in [9.17, 15) is 14.9 Å². The molecular weight excluding hydrogens is 294 g/mol. The molecule has 116 valence electrons. The number of nitrogens with two attached hydrogens (primary N) is 1. The van der Waals surface area contributed by atoms with E-state index in [1.807, 2.05) is 6.92 Å². The number of carbonyl (C=O) groups is 1. The summed E-state index contributed by atoms with van der Waals surface area (Å²) in [6.45, 7) is 6.03. The smallest absolute Gasteiger partial charge is 0.294 e. The van der Waals surface area contributed by atoms with Gasteiger partial charge in [-0.05, 0) is 18.9 Å². The third kappa shape index (κ3) is 4.07. The molecule has 0 aromatic heterocycles. The number of nitrogen functional groups attached to an aromatic ring is 1. The number of nitro benzene ring substituents is 1. The number of nitrogens with one attached hydrogen (secondary N) is 1. The second kappa shape index (κ2) is 7.26. The highest BCUT2D eigenvalue weighted by Gasteiger charge is 2.21. The zero-order valence-corrected chi connectivity index (χ0v) is 13.1. The molecule has 1 atom stereocenters. The van der Waals surface area contributed by atoms with E-state index in [1.165, 1.54) is 6.07 Å². The van der Waals surface area contributed by atoms with Gasteiger partial charge in [0, 0.05) is 17.7 Å². The van der Waals surface area contributed by atoms with Crippen molar-refractivity contribution >= 4 is 28.9 Å². The average molecular weight is 314 g/mol. The van der Waals surface area contributed by atoms with Crippen molar-refractivity contribution < 1.29 is 9.72 Å². The van der Waals surface area contributed by atoms with Crippen LogP contribution in [0.1, 0.15) is 44.0 Å². The van der Waals surface area contributed by atoms with E-state index in [0.29, 0.717) is 5.92 Å². The Balaban J connectivity index is 3.01. The normalized spacial score (nSPS) is 12.2. The molecule has 0 aliphatic carbocycles. The van der Waals surface area contributed by atoms with Crippen molar-refractivity contribution in [1.29, 1.82) is 0 Å². The first-order valence-corrected chi connectivity index (χ1v) is 7.23. The molecule has 0 radical (unpaired) electrons. The van der Waals surface area contributed by atoms with Crippen LogP contribution in [0, 0.1) is 16.0 Å². The Morgan fingerprint density at radius 2 is 2.00 bits per heavy atom. The predicted octanol–water partition coefficient (Wildman–Crippen LogP) is 3.38. The first-order valence-electron chi connectivity index (χ1n) is 6.86. The Labute approximate surface area is 128 Å². The lowest BCUT2D eigenvalue weighted by Crippen LogP contribution is -2.37. The van der Waals surface area contributed by atoms with Gasteiger partial charge in [0.2, 0.25) is 0 Å². The summed E-state index contributed by atoms with van der Waals surface area (Å²) in [4.78, 5) is 22.5. The number of benzene rings is 1. The van der Waals surface area contributed by atoms with E-state index >= 15 is 0 Å². The number of hydrogen-bond donors (Lipinski definition) is 2. The zero-order valence-electron chi connectivity index (χ0n) is 12.4.